The monoisotopic (exact) mass is 300 g/mol. The lowest BCUT2D eigenvalue weighted by Gasteiger charge is -2.19. The molecule has 1 N–H and O–H groups in total. The molecule has 1 aliphatic rings. The molecular formula is C15H16N4O3. The van der Waals surface area contributed by atoms with Crippen molar-refractivity contribution in [1.29, 1.82) is 0 Å². The maximum absolute atomic E-state index is 12.4. The summed E-state index contributed by atoms with van der Waals surface area (Å²) < 4.78 is 1.58. The summed E-state index contributed by atoms with van der Waals surface area (Å²) >= 11 is 0. The zero-order chi connectivity index (χ0) is 15.5. The molecule has 22 heavy (non-hydrogen) atoms. The molecule has 114 valence electrons. The minimum Gasteiger partial charge on any atom is -0.480 e. The van der Waals surface area contributed by atoms with Crippen LogP contribution in [0.25, 0.3) is 0 Å². The van der Waals surface area contributed by atoms with Crippen molar-refractivity contribution in [2.24, 2.45) is 0 Å². The number of benzene rings is 1. The van der Waals surface area contributed by atoms with Crippen LogP contribution in [0.4, 0.5) is 0 Å². The molecule has 1 atom stereocenters. The zero-order valence-corrected chi connectivity index (χ0v) is 11.9. The number of hydrogen-bond donors (Lipinski definition) is 1. The highest BCUT2D eigenvalue weighted by Crippen LogP contribution is 2.19. The standard InChI is InChI=1S/C15H16N4O3/c20-14(19-8-4-7-13(19)15(21)22)12-10-18(17-16-12)9-11-5-2-1-3-6-11/h1-3,5-6,10,13H,4,7-9H2,(H,21,22). The van der Waals surface area contributed by atoms with E-state index in [-0.39, 0.29) is 11.6 Å². The fourth-order valence-corrected chi connectivity index (χ4v) is 2.66. The van der Waals surface area contributed by atoms with Gasteiger partial charge in [-0.05, 0) is 18.4 Å². The molecule has 0 spiro atoms. The Labute approximate surface area is 127 Å². The number of rotatable bonds is 4. The molecule has 0 bridgehead atoms. The fourth-order valence-electron chi connectivity index (χ4n) is 2.66. The van der Waals surface area contributed by atoms with Crippen molar-refractivity contribution in [3.8, 4) is 0 Å². The number of likely N-dealkylation sites (tertiary alicyclic amines) is 1. The maximum atomic E-state index is 12.4. The van der Waals surface area contributed by atoms with Gasteiger partial charge in [-0.2, -0.15) is 0 Å². The zero-order valence-electron chi connectivity index (χ0n) is 11.9. The molecule has 0 aliphatic carbocycles. The van der Waals surface area contributed by atoms with E-state index >= 15 is 0 Å². The largest absolute Gasteiger partial charge is 0.480 e. The first-order valence-electron chi connectivity index (χ1n) is 7.13. The van der Waals surface area contributed by atoms with Crippen molar-refractivity contribution in [3.63, 3.8) is 0 Å². The first kappa shape index (κ1) is 14.2. The third-order valence-corrected chi connectivity index (χ3v) is 3.74. The van der Waals surface area contributed by atoms with Crippen molar-refractivity contribution in [2.45, 2.75) is 25.4 Å². The van der Waals surface area contributed by atoms with Crippen molar-refractivity contribution < 1.29 is 14.7 Å². The summed E-state index contributed by atoms with van der Waals surface area (Å²) in [5.74, 6) is -1.34. The highest BCUT2D eigenvalue weighted by Gasteiger charge is 2.35. The van der Waals surface area contributed by atoms with Gasteiger partial charge in [0.05, 0.1) is 12.7 Å². The molecule has 1 saturated heterocycles. The number of nitrogens with zero attached hydrogens (tertiary/aromatic N) is 4. The van der Waals surface area contributed by atoms with E-state index in [1.807, 2.05) is 30.3 Å². The Kier molecular flexibility index (Phi) is 3.86. The number of hydrogen-bond acceptors (Lipinski definition) is 4. The van der Waals surface area contributed by atoms with Crippen molar-refractivity contribution >= 4 is 11.9 Å². The number of carboxylic acids is 1. The van der Waals surface area contributed by atoms with Crippen LogP contribution in [-0.2, 0) is 11.3 Å². The van der Waals surface area contributed by atoms with E-state index in [9.17, 15) is 9.59 Å². The van der Waals surface area contributed by atoms with E-state index in [0.29, 0.717) is 25.9 Å². The van der Waals surface area contributed by atoms with Gasteiger partial charge in [-0.25, -0.2) is 9.48 Å². The van der Waals surface area contributed by atoms with Gasteiger partial charge in [-0.1, -0.05) is 35.5 Å². The van der Waals surface area contributed by atoms with Crippen LogP contribution in [0.3, 0.4) is 0 Å². The quantitative estimate of drug-likeness (QED) is 0.910. The Balaban J connectivity index is 1.73. The predicted molar refractivity (Wildman–Crippen MR) is 77.3 cm³/mol. The number of aliphatic carboxylic acids is 1. The smallest absolute Gasteiger partial charge is 0.326 e. The van der Waals surface area contributed by atoms with Crippen molar-refractivity contribution in [1.82, 2.24) is 19.9 Å². The van der Waals surface area contributed by atoms with Gasteiger partial charge in [0.25, 0.3) is 5.91 Å². The van der Waals surface area contributed by atoms with E-state index in [2.05, 4.69) is 10.3 Å². The number of carboxylic acid groups (broad SMARTS) is 1. The van der Waals surface area contributed by atoms with E-state index in [4.69, 9.17) is 5.11 Å². The van der Waals surface area contributed by atoms with Crippen LogP contribution in [0.15, 0.2) is 36.5 Å². The third kappa shape index (κ3) is 2.83. The highest BCUT2D eigenvalue weighted by atomic mass is 16.4. The molecule has 2 heterocycles. The molecule has 2 aromatic rings. The second-order valence-electron chi connectivity index (χ2n) is 5.28. The van der Waals surface area contributed by atoms with Crippen molar-refractivity contribution in [2.75, 3.05) is 6.54 Å². The molecule has 7 nitrogen and oxygen atoms in total. The SMILES string of the molecule is O=C(O)C1CCCN1C(=O)c1cn(Cc2ccccc2)nn1. The van der Waals surface area contributed by atoms with Gasteiger partial charge in [0, 0.05) is 6.54 Å². The molecule has 7 heteroatoms. The molecule has 0 radical (unpaired) electrons. The van der Waals surface area contributed by atoms with Crippen LogP contribution in [0.1, 0.15) is 28.9 Å². The summed E-state index contributed by atoms with van der Waals surface area (Å²) in [6.07, 6.45) is 2.74. The topological polar surface area (TPSA) is 88.3 Å². The summed E-state index contributed by atoms with van der Waals surface area (Å²) in [6.45, 7) is 0.963. The normalized spacial score (nSPS) is 17.6. The van der Waals surface area contributed by atoms with Crippen LogP contribution >= 0.6 is 0 Å². The average molecular weight is 300 g/mol. The summed E-state index contributed by atoms with van der Waals surface area (Å²) in [5.41, 5.74) is 1.24. The Morgan fingerprint density at radius 3 is 2.77 bits per heavy atom. The molecule has 1 fully saturated rings. The number of carbonyl (C=O) groups excluding carboxylic acids is 1. The molecule has 1 amide bonds. The van der Waals surface area contributed by atoms with Crippen LogP contribution in [-0.4, -0.2) is 49.5 Å². The van der Waals surface area contributed by atoms with Gasteiger partial charge < -0.3 is 10.0 Å². The molecule has 1 aromatic carbocycles. The van der Waals surface area contributed by atoms with Crippen LogP contribution in [0.2, 0.25) is 0 Å². The second-order valence-corrected chi connectivity index (χ2v) is 5.28. The third-order valence-electron chi connectivity index (χ3n) is 3.74. The minimum atomic E-state index is -0.970. The van der Waals surface area contributed by atoms with Crippen LogP contribution in [0, 0.1) is 0 Å². The summed E-state index contributed by atoms with van der Waals surface area (Å²) in [6, 6.07) is 8.96. The number of amides is 1. The molecule has 1 aliphatic heterocycles. The molecular weight excluding hydrogens is 284 g/mol. The molecule has 1 aromatic heterocycles. The first-order valence-corrected chi connectivity index (χ1v) is 7.13. The highest BCUT2D eigenvalue weighted by molar-refractivity contribution is 5.95. The van der Waals surface area contributed by atoms with Gasteiger partial charge in [0.2, 0.25) is 0 Å². The van der Waals surface area contributed by atoms with Crippen LogP contribution < -0.4 is 0 Å². The Bertz CT molecular complexity index is 683. The van der Waals surface area contributed by atoms with E-state index < -0.39 is 12.0 Å². The van der Waals surface area contributed by atoms with Gasteiger partial charge in [0.1, 0.15) is 6.04 Å². The molecule has 0 saturated carbocycles. The van der Waals surface area contributed by atoms with E-state index in [1.165, 1.54) is 4.90 Å². The minimum absolute atomic E-state index is 0.184. The van der Waals surface area contributed by atoms with Crippen LogP contribution in [0.5, 0.6) is 0 Å². The summed E-state index contributed by atoms with van der Waals surface area (Å²) in [4.78, 5) is 24.9. The lowest BCUT2D eigenvalue weighted by molar-refractivity contribution is -0.141. The first-order chi connectivity index (χ1) is 10.6. The number of aromatic nitrogens is 3. The lowest BCUT2D eigenvalue weighted by atomic mass is 10.2. The van der Waals surface area contributed by atoms with Crippen molar-refractivity contribution in [3.05, 3.63) is 47.8 Å². The molecule has 3 rings (SSSR count). The van der Waals surface area contributed by atoms with Gasteiger partial charge >= 0.3 is 5.97 Å². The van der Waals surface area contributed by atoms with E-state index in [0.717, 1.165) is 5.56 Å². The van der Waals surface area contributed by atoms with E-state index in [1.54, 1.807) is 10.9 Å². The summed E-state index contributed by atoms with van der Waals surface area (Å²) in [5, 5.41) is 17.0. The fraction of sp³-hybridized carbons (Fsp3) is 0.333. The van der Waals surface area contributed by atoms with Gasteiger partial charge in [0.15, 0.2) is 5.69 Å². The second kappa shape index (κ2) is 5.97. The van der Waals surface area contributed by atoms with Gasteiger partial charge in [-0.15, -0.1) is 5.10 Å². The number of carbonyl (C=O) groups is 2. The lowest BCUT2D eigenvalue weighted by Crippen LogP contribution is -2.40. The van der Waals surface area contributed by atoms with Gasteiger partial charge in [-0.3, -0.25) is 4.79 Å². The Morgan fingerprint density at radius 2 is 2.05 bits per heavy atom. The average Bonchev–Trinajstić information content (AvgIpc) is 3.16. The Morgan fingerprint density at radius 1 is 1.27 bits per heavy atom. The Hall–Kier alpha value is -2.70. The summed E-state index contributed by atoms with van der Waals surface area (Å²) in [7, 11) is 0. The maximum Gasteiger partial charge on any atom is 0.326 e. The predicted octanol–water partition coefficient (Wildman–Crippen LogP) is 1.02. The molecule has 1 unspecified atom stereocenters.